The molecule has 0 bridgehead atoms. The first-order valence-electron chi connectivity index (χ1n) is 5.20. The molecule has 1 rings (SSSR count). The van der Waals surface area contributed by atoms with Crippen molar-refractivity contribution in [3.05, 3.63) is 23.8 Å². The third-order valence-electron chi connectivity index (χ3n) is 1.97. The van der Waals surface area contributed by atoms with Crippen LogP contribution in [0.15, 0.2) is 23.1 Å². The highest BCUT2D eigenvalue weighted by molar-refractivity contribution is 7.99. The summed E-state index contributed by atoms with van der Waals surface area (Å²) in [7, 11) is 1.62. The molecule has 0 spiro atoms. The van der Waals surface area contributed by atoms with Gasteiger partial charge in [0.1, 0.15) is 5.75 Å². The van der Waals surface area contributed by atoms with E-state index in [1.54, 1.807) is 37.9 Å². The van der Waals surface area contributed by atoms with Crippen LogP contribution < -0.4 is 4.74 Å². The summed E-state index contributed by atoms with van der Waals surface area (Å²) < 4.78 is 10.2. The molecule has 0 unspecified atom stereocenters. The fourth-order valence-electron chi connectivity index (χ4n) is 1.29. The summed E-state index contributed by atoms with van der Waals surface area (Å²) >= 11 is 1.64. The van der Waals surface area contributed by atoms with Crippen LogP contribution in [0.25, 0.3) is 0 Å². The Morgan fingerprint density at radius 3 is 2.69 bits per heavy atom. The first-order valence-corrected chi connectivity index (χ1v) is 6.19. The molecular weight excluding hydrogens is 224 g/mol. The predicted octanol–water partition coefficient (Wildman–Crippen LogP) is 2.98. The fraction of sp³-hybridized carbons (Fsp3) is 0.417. The number of carbonyl (C=O) groups is 1. The molecule has 16 heavy (non-hydrogen) atoms. The van der Waals surface area contributed by atoms with Crippen molar-refractivity contribution in [2.24, 2.45) is 0 Å². The third kappa shape index (κ3) is 3.17. The van der Waals surface area contributed by atoms with Gasteiger partial charge in [0.15, 0.2) is 0 Å². The highest BCUT2D eigenvalue weighted by atomic mass is 32.2. The van der Waals surface area contributed by atoms with Crippen molar-refractivity contribution >= 4 is 17.7 Å². The molecule has 0 amide bonds. The minimum Gasteiger partial charge on any atom is -0.496 e. The summed E-state index contributed by atoms with van der Waals surface area (Å²) in [4.78, 5) is 12.5. The average Bonchev–Trinajstić information content (AvgIpc) is 2.29. The van der Waals surface area contributed by atoms with Crippen molar-refractivity contribution in [3.63, 3.8) is 0 Å². The topological polar surface area (TPSA) is 35.5 Å². The zero-order valence-corrected chi connectivity index (χ0v) is 10.6. The fourth-order valence-corrected chi connectivity index (χ4v) is 2.10. The number of thioether (sulfide) groups is 1. The molecular formula is C12H16O3S. The van der Waals surface area contributed by atoms with Crippen LogP contribution in [-0.2, 0) is 4.74 Å². The second-order valence-corrected chi connectivity index (χ2v) is 4.32. The first kappa shape index (κ1) is 12.9. The van der Waals surface area contributed by atoms with Crippen molar-refractivity contribution < 1.29 is 14.3 Å². The number of esters is 1. The SMILES string of the molecule is CCOC(=O)c1ccc(OC)c(SCC)c1. The molecule has 4 heteroatoms. The van der Waals surface area contributed by atoms with Crippen LogP contribution in [0.1, 0.15) is 24.2 Å². The summed E-state index contributed by atoms with van der Waals surface area (Å²) in [5.41, 5.74) is 0.568. The van der Waals surface area contributed by atoms with Gasteiger partial charge >= 0.3 is 5.97 Å². The first-order chi connectivity index (χ1) is 7.72. The maximum Gasteiger partial charge on any atom is 0.338 e. The molecule has 3 nitrogen and oxygen atoms in total. The lowest BCUT2D eigenvalue weighted by Gasteiger charge is -2.09. The molecule has 0 heterocycles. The number of ether oxygens (including phenoxy) is 2. The summed E-state index contributed by atoms with van der Waals surface area (Å²) in [5, 5.41) is 0. The van der Waals surface area contributed by atoms with Crippen molar-refractivity contribution in [1.29, 1.82) is 0 Å². The number of methoxy groups -OCH3 is 1. The number of hydrogen-bond donors (Lipinski definition) is 0. The Morgan fingerprint density at radius 2 is 2.12 bits per heavy atom. The number of rotatable bonds is 5. The van der Waals surface area contributed by atoms with Crippen molar-refractivity contribution in [2.45, 2.75) is 18.7 Å². The minimum absolute atomic E-state index is 0.289. The Bertz CT molecular complexity index is 363. The maximum atomic E-state index is 11.5. The Labute approximate surface area is 100 Å². The molecule has 88 valence electrons. The van der Waals surface area contributed by atoms with Crippen LogP contribution in [0.3, 0.4) is 0 Å². The molecule has 1 aromatic carbocycles. The molecule has 0 aliphatic carbocycles. The smallest absolute Gasteiger partial charge is 0.338 e. The molecule has 0 saturated heterocycles. The zero-order valence-electron chi connectivity index (χ0n) is 9.78. The molecule has 0 saturated carbocycles. The molecule has 0 atom stereocenters. The second-order valence-electron chi connectivity index (χ2n) is 3.02. The summed E-state index contributed by atoms with van der Waals surface area (Å²) in [6.45, 7) is 4.24. The highest BCUT2D eigenvalue weighted by Gasteiger charge is 2.10. The lowest BCUT2D eigenvalue weighted by molar-refractivity contribution is 0.0526. The molecule has 0 aliphatic heterocycles. The Morgan fingerprint density at radius 1 is 1.38 bits per heavy atom. The van der Waals surface area contributed by atoms with E-state index in [4.69, 9.17) is 9.47 Å². The van der Waals surface area contributed by atoms with Crippen LogP contribution in [0.5, 0.6) is 5.75 Å². The molecule has 0 fully saturated rings. The molecule has 0 N–H and O–H groups in total. The number of hydrogen-bond acceptors (Lipinski definition) is 4. The van der Waals surface area contributed by atoms with Crippen LogP contribution in [0.2, 0.25) is 0 Å². The van der Waals surface area contributed by atoms with Gasteiger partial charge in [-0.25, -0.2) is 4.79 Å². The maximum absolute atomic E-state index is 11.5. The monoisotopic (exact) mass is 240 g/mol. The normalized spacial score (nSPS) is 9.94. The summed E-state index contributed by atoms with van der Waals surface area (Å²) in [6, 6.07) is 5.33. The van der Waals surface area contributed by atoms with Crippen LogP contribution >= 0.6 is 11.8 Å². The van der Waals surface area contributed by atoms with E-state index in [1.165, 1.54) is 0 Å². The molecule has 0 aromatic heterocycles. The summed E-state index contributed by atoms with van der Waals surface area (Å²) in [6.07, 6.45) is 0. The van der Waals surface area contributed by atoms with E-state index in [2.05, 4.69) is 6.92 Å². The van der Waals surface area contributed by atoms with E-state index in [0.717, 1.165) is 16.4 Å². The largest absolute Gasteiger partial charge is 0.496 e. The van der Waals surface area contributed by atoms with Gasteiger partial charge in [0.25, 0.3) is 0 Å². The van der Waals surface area contributed by atoms with Gasteiger partial charge in [0.05, 0.1) is 24.2 Å². The van der Waals surface area contributed by atoms with Crippen LogP contribution in [-0.4, -0.2) is 25.4 Å². The van der Waals surface area contributed by atoms with Gasteiger partial charge in [-0.05, 0) is 30.9 Å². The van der Waals surface area contributed by atoms with Gasteiger partial charge in [-0.3, -0.25) is 0 Å². The molecule has 1 aromatic rings. The summed E-state index contributed by atoms with van der Waals surface area (Å²) in [5.74, 6) is 1.44. The van der Waals surface area contributed by atoms with Gasteiger partial charge in [-0.1, -0.05) is 6.92 Å². The standard InChI is InChI=1S/C12H16O3S/c1-4-15-12(13)9-6-7-10(14-3)11(8-9)16-5-2/h6-8H,4-5H2,1-3H3. The number of carbonyl (C=O) groups excluding carboxylic acids is 1. The van der Waals surface area contributed by atoms with Crippen LogP contribution in [0, 0.1) is 0 Å². The Kier molecular flexibility index (Phi) is 5.19. The van der Waals surface area contributed by atoms with E-state index < -0.39 is 0 Å². The van der Waals surface area contributed by atoms with Gasteiger partial charge in [-0.15, -0.1) is 11.8 Å². The van der Waals surface area contributed by atoms with Gasteiger partial charge in [-0.2, -0.15) is 0 Å². The van der Waals surface area contributed by atoms with E-state index >= 15 is 0 Å². The number of benzene rings is 1. The van der Waals surface area contributed by atoms with Crippen molar-refractivity contribution in [3.8, 4) is 5.75 Å². The molecule has 0 aliphatic rings. The highest BCUT2D eigenvalue weighted by Crippen LogP contribution is 2.30. The van der Waals surface area contributed by atoms with E-state index in [9.17, 15) is 4.79 Å². The zero-order chi connectivity index (χ0) is 12.0. The Balaban J connectivity index is 2.96. The van der Waals surface area contributed by atoms with Crippen LogP contribution in [0.4, 0.5) is 0 Å². The second kappa shape index (κ2) is 6.43. The Hall–Kier alpha value is -1.16. The van der Waals surface area contributed by atoms with Gasteiger partial charge < -0.3 is 9.47 Å². The van der Waals surface area contributed by atoms with Crippen molar-refractivity contribution in [2.75, 3.05) is 19.5 Å². The van der Waals surface area contributed by atoms with Gasteiger partial charge in [0, 0.05) is 0 Å². The van der Waals surface area contributed by atoms with Gasteiger partial charge in [0.2, 0.25) is 0 Å². The van der Waals surface area contributed by atoms with Crippen molar-refractivity contribution in [1.82, 2.24) is 0 Å². The van der Waals surface area contributed by atoms with E-state index in [-0.39, 0.29) is 5.97 Å². The predicted molar refractivity (Wildman–Crippen MR) is 65.3 cm³/mol. The lowest BCUT2D eigenvalue weighted by Crippen LogP contribution is -2.04. The van der Waals surface area contributed by atoms with E-state index in [1.807, 2.05) is 6.07 Å². The third-order valence-corrected chi connectivity index (χ3v) is 2.89. The lowest BCUT2D eigenvalue weighted by atomic mass is 10.2. The quantitative estimate of drug-likeness (QED) is 0.585. The van der Waals surface area contributed by atoms with E-state index in [0.29, 0.717) is 12.2 Å². The average molecular weight is 240 g/mol. The minimum atomic E-state index is -0.289. The molecule has 0 radical (unpaired) electrons.